The van der Waals surface area contributed by atoms with Gasteiger partial charge in [0.15, 0.2) is 10.8 Å². The van der Waals surface area contributed by atoms with E-state index in [-0.39, 0.29) is 28.8 Å². The number of nitrogens with zero attached hydrogens (tertiary/aromatic N) is 3. The van der Waals surface area contributed by atoms with E-state index in [2.05, 4.69) is 20.2 Å². The van der Waals surface area contributed by atoms with Crippen LogP contribution in [-0.4, -0.2) is 84.1 Å². The van der Waals surface area contributed by atoms with Gasteiger partial charge in [-0.15, -0.1) is 23.1 Å². The lowest BCUT2D eigenvalue weighted by Gasteiger charge is -2.49. The molecular weight excluding hydrogens is 478 g/mol. The third-order valence-corrected chi connectivity index (χ3v) is 6.47. The number of nitrogens with one attached hydrogen (secondary N) is 1. The van der Waals surface area contributed by atoms with E-state index in [9.17, 15) is 19.2 Å². The molecule has 0 radical (unpaired) electrons. The highest BCUT2D eigenvalue weighted by Gasteiger charge is 2.54. The van der Waals surface area contributed by atoms with Gasteiger partial charge in [0, 0.05) is 25.2 Å². The predicted octanol–water partition coefficient (Wildman–Crippen LogP) is -0.560. The Bertz CT molecular complexity index is 1020. The van der Waals surface area contributed by atoms with Gasteiger partial charge >= 0.3 is 11.9 Å². The van der Waals surface area contributed by atoms with Crippen LogP contribution >= 0.6 is 23.1 Å². The van der Waals surface area contributed by atoms with Gasteiger partial charge in [0.1, 0.15) is 29.9 Å². The minimum atomic E-state index is -0.930. The number of thiazole rings is 1. The molecular formula is C18H21N5O8S2. The van der Waals surface area contributed by atoms with Crippen molar-refractivity contribution in [2.45, 2.75) is 18.3 Å². The number of nitrogen functional groups attached to an aromatic ring is 1. The van der Waals surface area contributed by atoms with Crippen molar-refractivity contribution in [1.29, 1.82) is 0 Å². The topological polar surface area (TPSA) is 172 Å². The molecule has 13 nitrogen and oxygen atoms in total. The number of amides is 2. The molecule has 3 rings (SSSR count). The van der Waals surface area contributed by atoms with Crippen LogP contribution in [0.1, 0.15) is 12.6 Å². The first-order valence-electron chi connectivity index (χ1n) is 9.38. The molecule has 2 atom stereocenters. The quantitative estimate of drug-likeness (QED) is 0.147. The van der Waals surface area contributed by atoms with E-state index in [1.807, 2.05) is 0 Å². The number of hydrogen-bond acceptors (Lipinski definition) is 13. The lowest BCUT2D eigenvalue weighted by atomic mass is 10.0. The fraction of sp³-hybridized carbons (Fsp3) is 0.444. The number of rotatable bonds is 9. The molecule has 178 valence electrons. The summed E-state index contributed by atoms with van der Waals surface area (Å²) in [4.78, 5) is 59.3. The van der Waals surface area contributed by atoms with Gasteiger partial charge in [-0.1, -0.05) is 5.16 Å². The SMILES string of the molecule is COCC1=C(C(=O)OCOC(C)=O)N2C(=O)C(NC(=O)/C(=N\OC)c3csc(N)n3)[C@H]2SC1. The summed E-state index contributed by atoms with van der Waals surface area (Å²) in [5.74, 6) is -2.32. The number of oxime groups is 1. The fourth-order valence-corrected chi connectivity index (χ4v) is 4.97. The number of methoxy groups -OCH3 is 1. The lowest BCUT2D eigenvalue weighted by molar-refractivity contribution is -0.166. The predicted molar refractivity (Wildman–Crippen MR) is 117 cm³/mol. The van der Waals surface area contributed by atoms with E-state index in [4.69, 9.17) is 20.0 Å². The normalized spacial score (nSPS) is 20.0. The van der Waals surface area contributed by atoms with Crippen molar-refractivity contribution in [3.63, 3.8) is 0 Å². The van der Waals surface area contributed by atoms with E-state index >= 15 is 0 Å². The number of carbonyl (C=O) groups is 4. The van der Waals surface area contributed by atoms with Crippen LogP contribution in [-0.2, 0) is 38.2 Å². The van der Waals surface area contributed by atoms with Gasteiger partial charge in [0.05, 0.1) is 6.61 Å². The van der Waals surface area contributed by atoms with E-state index in [1.54, 1.807) is 0 Å². The van der Waals surface area contributed by atoms with Crippen LogP contribution < -0.4 is 11.1 Å². The highest BCUT2D eigenvalue weighted by Crippen LogP contribution is 2.40. The molecule has 1 aromatic heterocycles. The summed E-state index contributed by atoms with van der Waals surface area (Å²) in [6.07, 6.45) is 0. The van der Waals surface area contributed by atoms with E-state index in [1.165, 1.54) is 43.2 Å². The number of ether oxygens (including phenoxy) is 3. The van der Waals surface area contributed by atoms with Gasteiger partial charge in [0.25, 0.3) is 11.8 Å². The Balaban J connectivity index is 1.76. The number of aromatic nitrogens is 1. The molecule has 15 heteroatoms. The number of thioether (sulfide) groups is 1. The first kappa shape index (κ1) is 24.5. The molecule has 0 aliphatic carbocycles. The molecule has 33 heavy (non-hydrogen) atoms. The Labute approximate surface area is 196 Å². The summed E-state index contributed by atoms with van der Waals surface area (Å²) >= 11 is 2.46. The number of nitrogens with two attached hydrogens (primary N) is 1. The number of esters is 2. The Morgan fingerprint density at radius 1 is 1.33 bits per heavy atom. The molecule has 0 saturated carbocycles. The average Bonchev–Trinajstić information content (AvgIpc) is 3.20. The van der Waals surface area contributed by atoms with Crippen molar-refractivity contribution in [1.82, 2.24) is 15.2 Å². The van der Waals surface area contributed by atoms with Crippen LogP contribution in [0.3, 0.4) is 0 Å². The second-order valence-corrected chi connectivity index (χ2v) is 8.62. The summed E-state index contributed by atoms with van der Waals surface area (Å²) in [5, 5.41) is 7.51. The monoisotopic (exact) mass is 499 g/mol. The van der Waals surface area contributed by atoms with Gasteiger partial charge in [-0.25, -0.2) is 9.78 Å². The minimum Gasteiger partial charge on any atom is -0.428 e. The van der Waals surface area contributed by atoms with Crippen LogP contribution in [0.5, 0.6) is 0 Å². The van der Waals surface area contributed by atoms with Crippen LogP contribution in [0.2, 0.25) is 0 Å². The standard InChI is InChI=1S/C18H21N5O8S2/c1-8(24)30-7-31-17(27)13-9(4-28-2)5-32-16-12(15(26)23(13)16)21-14(25)11(22-29-3)10-6-33-18(19)20-10/h6,12,16H,4-5,7H2,1-3H3,(H2,19,20)(H,21,25)/b22-11-/t12?,16-/m1/s1. The first-order chi connectivity index (χ1) is 15.8. The average molecular weight is 500 g/mol. The maximum absolute atomic E-state index is 12.9. The molecule has 2 amide bonds. The summed E-state index contributed by atoms with van der Waals surface area (Å²) in [5.41, 5.74) is 6.21. The molecule has 1 fully saturated rings. The highest BCUT2D eigenvalue weighted by atomic mass is 32.2. The summed E-state index contributed by atoms with van der Waals surface area (Å²) < 4.78 is 14.7. The number of fused-ring (bicyclic) bond motifs is 1. The van der Waals surface area contributed by atoms with Gasteiger partial charge in [-0.2, -0.15) is 0 Å². The van der Waals surface area contributed by atoms with Gasteiger partial charge in [-0.05, 0) is 5.57 Å². The molecule has 3 heterocycles. The van der Waals surface area contributed by atoms with E-state index < -0.39 is 42.0 Å². The Morgan fingerprint density at radius 3 is 2.70 bits per heavy atom. The molecule has 0 aromatic carbocycles. The van der Waals surface area contributed by atoms with Crippen molar-refractivity contribution in [3.8, 4) is 0 Å². The molecule has 0 bridgehead atoms. The van der Waals surface area contributed by atoms with Crippen molar-refractivity contribution in [2.75, 3.05) is 39.1 Å². The second-order valence-electron chi connectivity index (χ2n) is 6.63. The van der Waals surface area contributed by atoms with Gasteiger partial charge in [-0.3, -0.25) is 19.3 Å². The molecule has 1 aromatic rings. The Morgan fingerprint density at radius 2 is 2.09 bits per heavy atom. The molecule has 2 aliphatic heterocycles. The van der Waals surface area contributed by atoms with Gasteiger partial charge < -0.3 is 30.1 Å². The van der Waals surface area contributed by atoms with Gasteiger partial charge in [0.2, 0.25) is 6.79 Å². The maximum Gasteiger partial charge on any atom is 0.358 e. The summed E-state index contributed by atoms with van der Waals surface area (Å²) in [6, 6.07) is -0.930. The van der Waals surface area contributed by atoms with E-state index in [0.717, 1.165) is 11.3 Å². The van der Waals surface area contributed by atoms with Crippen molar-refractivity contribution in [3.05, 3.63) is 22.3 Å². The first-order valence-corrected chi connectivity index (χ1v) is 11.3. The molecule has 1 saturated heterocycles. The van der Waals surface area contributed by atoms with Crippen molar-refractivity contribution >= 4 is 57.7 Å². The minimum absolute atomic E-state index is 0.00121. The van der Waals surface area contributed by atoms with Crippen molar-refractivity contribution < 1.29 is 38.2 Å². The molecule has 1 unspecified atom stereocenters. The van der Waals surface area contributed by atoms with Crippen LogP contribution in [0.25, 0.3) is 0 Å². The molecule has 3 N–H and O–H groups in total. The smallest absolute Gasteiger partial charge is 0.358 e. The largest absolute Gasteiger partial charge is 0.428 e. The lowest BCUT2D eigenvalue weighted by Crippen LogP contribution is -2.71. The molecule has 0 spiro atoms. The summed E-state index contributed by atoms with van der Waals surface area (Å²) in [6.45, 7) is 0.671. The fourth-order valence-electron chi connectivity index (χ4n) is 3.09. The summed E-state index contributed by atoms with van der Waals surface area (Å²) in [7, 11) is 2.72. The number of anilines is 1. The zero-order valence-electron chi connectivity index (χ0n) is 17.9. The second kappa shape index (κ2) is 10.6. The van der Waals surface area contributed by atoms with Crippen LogP contribution in [0.15, 0.2) is 21.8 Å². The van der Waals surface area contributed by atoms with Crippen molar-refractivity contribution in [2.24, 2.45) is 5.16 Å². The Hall–Kier alpha value is -3.17. The van der Waals surface area contributed by atoms with E-state index in [0.29, 0.717) is 11.3 Å². The van der Waals surface area contributed by atoms with Crippen LogP contribution in [0, 0.1) is 0 Å². The third-order valence-electron chi connectivity index (χ3n) is 4.46. The number of hydrogen-bond donors (Lipinski definition) is 2. The highest BCUT2D eigenvalue weighted by molar-refractivity contribution is 8.00. The number of β-lactam (4-membered cyclic amide) rings is 1. The zero-order chi connectivity index (χ0) is 24.1. The maximum atomic E-state index is 12.9. The Kier molecular flexibility index (Phi) is 7.88. The molecule has 2 aliphatic rings. The van der Waals surface area contributed by atoms with Crippen LogP contribution in [0.4, 0.5) is 5.13 Å². The number of carbonyl (C=O) groups excluding carboxylic acids is 4. The third kappa shape index (κ3) is 5.26. The zero-order valence-corrected chi connectivity index (χ0v) is 19.5.